The summed E-state index contributed by atoms with van der Waals surface area (Å²) in [6, 6.07) is 0. The van der Waals surface area contributed by atoms with Crippen LogP contribution in [0.2, 0.25) is 0 Å². The lowest BCUT2D eigenvalue weighted by Crippen LogP contribution is -2.66. The molecule has 5 fully saturated rings. The molecule has 258 valence electrons. The summed E-state index contributed by atoms with van der Waals surface area (Å²) in [6.45, 7) is 10.1. The van der Waals surface area contributed by atoms with E-state index in [1.165, 1.54) is 0 Å². The molecule has 4 aliphatic carbocycles. The molecule has 1 heterocycles. The summed E-state index contributed by atoms with van der Waals surface area (Å²) in [4.78, 5) is 51.1. The zero-order valence-electron chi connectivity index (χ0n) is 26.9. The molecular formula is C33H48O13. The van der Waals surface area contributed by atoms with Gasteiger partial charge in [0.05, 0.1) is 18.8 Å². The molecule has 0 unspecified atom stereocenters. The predicted octanol–water partition coefficient (Wildman–Crippen LogP) is 2.04. The van der Waals surface area contributed by atoms with Gasteiger partial charge >= 0.3 is 23.9 Å². The van der Waals surface area contributed by atoms with Crippen molar-refractivity contribution >= 4 is 23.9 Å². The molecule has 0 amide bonds. The van der Waals surface area contributed by atoms with Gasteiger partial charge in [0.2, 0.25) is 0 Å². The Bertz CT molecular complexity index is 1230. The van der Waals surface area contributed by atoms with Gasteiger partial charge < -0.3 is 44.5 Å². The van der Waals surface area contributed by atoms with Crippen molar-refractivity contribution in [1.29, 1.82) is 0 Å². The van der Waals surface area contributed by atoms with Crippen molar-refractivity contribution < 1.29 is 63.7 Å². The van der Waals surface area contributed by atoms with Gasteiger partial charge in [-0.25, -0.2) is 0 Å². The van der Waals surface area contributed by atoms with Gasteiger partial charge in [-0.05, 0) is 73.2 Å². The van der Waals surface area contributed by atoms with Gasteiger partial charge in [0.25, 0.3) is 0 Å². The summed E-state index contributed by atoms with van der Waals surface area (Å²) < 4.78 is 23.3. The van der Waals surface area contributed by atoms with E-state index in [9.17, 15) is 44.7 Å². The van der Waals surface area contributed by atoms with Gasteiger partial charge in [-0.1, -0.05) is 27.4 Å². The van der Waals surface area contributed by atoms with Gasteiger partial charge in [0, 0.05) is 25.2 Å². The van der Waals surface area contributed by atoms with Crippen molar-refractivity contribution in [2.24, 2.45) is 39.9 Å². The molecule has 5 N–H and O–H groups in total. The van der Waals surface area contributed by atoms with Gasteiger partial charge in [-0.3, -0.25) is 19.2 Å². The van der Waals surface area contributed by atoms with Gasteiger partial charge in [-0.2, -0.15) is 0 Å². The SMILES string of the molecule is C=C1[C@@H]2CC[C@H]3[C@]4(C)C[C@H](O[C@@H]5O[C@H](CO)[C@@H](O)[C@H](OC(C)=O)[C@H]5OC(=O)CC(C)C)CC(C(=O)O)(C(=O)O)[C@H]4CC[C@]3(C2)[C@H]1O. The zero-order valence-corrected chi connectivity index (χ0v) is 26.9. The summed E-state index contributed by atoms with van der Waals surface area (Å²) in [5.41, 5.74) is -2.92. The highest BCUT2D eigenvalue weighted by Gasteiger charge is 2.72. The number of fused-ring (bicyclic) bond motifs is 3. The monoisotopic (exact) mass is 652 g/mol. The van der Waals surface area contributed by atoms with Crippen LogP contribution in [0.3, 0.4) is 0 Å². The van der Waals surface area contributed by atoms with Crippen molar-refractivity contribution in [3.05, 3.63) is 12.2 Å². The molecule has 0 aromatic carbocycles. The number of ether oxygens (including phenoxy) is 4. The smallest absolute Gasteiger partial charge is 0.321 e. The molecule has 13 heteroatoms. The number of aliphatic carboxylic acids is 2. The molecule has 0 aromatic rings. The first-order valence-corrected chi connectivity index (χ1v) is 16.3. The van der Waals surface area contributed by atoms with Gasteiger partial charge in [0.15, 0.2) is 23.9 Å². The van der Waals surface area contributed by atoms with E-state index in [1.54, 1.807) is 13.8 Å². The summed E-state index contributed by atoms with van der Waals surface area (Å²) in [6.07, 6.45) is -6.62. The number of carbonyl (C=O) groups excluding carboxylic acids is 2. The van der Waals surface area contributed by atoms with Crippen LogP contribution in [-0.4, -0.2) is 98.9 Å². The third-order valence-electron chi connectivity index (χ3n) is 11.9. The number of rotatable bonds is 9. The van der Waals surface area contributed by atoms with Crippen molar-refractivity contribution in [3.63, 3.8) is 0 Å². The highest BCUT2D eigenvalue weighted by Crippen LogP contribution is 2.72. The fourth-order valence-corrected chi connectivity index (χ4v) is 10.1. The Labute approximate surface area is 268 Å². The van der Waals surface area contributed by atoms with Crippen LogP contribution in [0.25, 0.3) is 0 Å². The second kappa shape index (κ2) is 12.5. The summed E-state index contributed by atoms with van der Waals surface area (Å²) >= 11 is 0. The minimum absolute atomic E-state index is 0.0156. The predicted molar refractivity (Wildman–Crippen MR) is 158 cm³/mol. The number of aliphatic hydroxyl groups excluding tert-OH is 3. The molecule has 1 spiro atoms. The highest BCUT2D eigenvalue weighted by atomic mass is 16.7. The third-order valence-corrected chi connectivity index (χ3v) is 11.9. The van der Waals surface area contributed by atoms with Crippen LogP contribution in [0.15, 0.2) is 12.2 Å². The molecular weight excluding hydrogens is 604 g/mol. The van der Waals surface area contributed by atoms with Crippen LogP contribution in [0.1, 0.15) is 79.1 Å². The van der Waals surface area contributed by atoms with Crippen molar-refractivity contribution in [3.8, 4) is 0 Å². The average molecular weight is 653 g/mol. The standard InChI is InChI=1S/C33H48O13/c1-15(2)10-23(36)46-26-25(43-17(4)35)24(37)20(14-34)45-28(26)44-19-12-31(5)21-7-6-18-11-32(21,27(38)16(18)3)9-8-22(31)33(13-19,29(39)40)30(41)42/h15,18-22,24-28,34,37-38H,3,6-14H2,1-2,4-5H3,(H,39,40)(H,41,42)/t18-,19+,20-,21+,22+,24-,25+,26-,27+,28-,31+,32-/m1/s1. The maximum absolute atomic E-state index is 13.1. The van der Waals surface area contributed by atoms with Crippen LogP contribution >= 0.6 is 0 Å². The molecule has 0 aromatic heterocycles. The Kier molecular flexibility index (Phi) is 9.41. The number of aliphatic hydroxyl groups is 3. The van der Waals surface area contributed by atoms with E-state index in [4.69, 9.17) is 18.9 Å². The molecule has 13 nitrogen and oxygen atoms in total. The molecule has 2 bridgehead atoms. The van der Waals surface area contributed by atoms with Crippen LogP contribution in [0.5, 0.6) is 0 Å². The summed E-state index contributed by atoms with van der Waals surface area (Å²) in [5, 5.41) is 53.7. The molecule has 4 saturated carbocycles. The zero-order chi connectivity index (χ0) is 33.9. The molecule has 1 aliphatic heterocycles. The lowest BCUT2D eigenvalue weighted by molar-refractivity contribution is -0.325. The molecule has 1 saturated heterocycles. The number of carboxylic acid groups (broad SMARTS) is 2. The van der Waals surface area contributed by atoms with E-state index in [0.29, 0.717) is 19.3 Å². The van der Waals surface area contributed by atoms with E-state index >= 15 is 0 Å². The normalized spacial score (nSPS) is 42.9. The molecule has 12 atom stereocenters. The lowest BCUT2D eigenvalue weighted by atomic mass is 9.40. The van der Waals surface area contributed by atoms with Crippen molar-refractivity contribution in [2.75, 3.05) is 6.61 Å². The van der Waals surface area contributed by atoms with Crippen LogP contribution < -0.4 is 0 Å². The molecule has 5 aliphatic rings. The Hall–Kier alpha value is -2.58. The average Bonchev–Trinajstić information content (AvgIpc) is 3.13. The van der Waals surface area contributed by atoms with Crippen molar-refractivity contribution in [2.45, 2.75) is 122 Å². The van der Waals surface area contributed by atoms with Gasteiger partial charge in [-0.15, -0.1) is 0 Å². The number of carboxylic acids is 2. The Balaban J connectivity index is 1.54. The van der Waals surface area contributed by atoms with E-state index in [2.05, 4.69) is 6.58 Å². The Morgan fingerprint density at radius 1 is 0.978 bits per heavy atom. The Morgan fingerprint density at radius 3 is 2.24 bits per heavy atom. The number of esters is 2. The van der Waals surface area contributed by atoms with E-state index in [0.717, 1.165) is 18.9 Å². The van der Waals surface area contributed by atoms with Crippen LogP contribution in [-0.2, 0) is 38.1 Å². The first kappa shape index (κ1) is 34.7. The van der Waals surface area contributed by atoms with Crippen molar-refractivity contribution in [1.82, 2.24) is 0 Å². The Morgan fingerprint density at radius 2 is 1.65 bits per heavy atom. The number of hydrogen-bond acceptors (Lipinski definition) is 11. The number of carbonyl (C=O) groups is 4. The molecule has 0 radical (unpaired) electrons. The van der Waals surface area contributed by atoms with Crippen LogP contribution in [0.4, 0.5) is 0 Å². The second-order valence-electron chi connectivity index (χ2n) is 14.9. The maximum atomic E-state index is 13.1. The third kappa shape index (κ3) is 5.45. The quantitative estimate of drug-likeness (QED) is 0.105. The minimum atomic E-state index is -2.24. The first-order chi connectivity index (χ1) is 21.5. The summed E-state index contributed by atoms with van der Waals surface area (Å²) in [7, 11) is 0. The first-order valence-electron chi connectivity index (χ1n) is 16.3. The topological polar surface area (TPSA) is 206 Å². The maximum Gasteiger partial charge on any atom is 0.321 e. The highest BCUT2D eigenvalue weighted by molar-refractivity contribution is 5.99. The van der Waals surface area contributed by atoms with E-state index in [1.807, 2.05) is 6.92 Å². The van der Waals surface area contributed by atoms with E-state index in [-0.39, 0.29) is 37.0 Å². The second-order valence-corrected chi connectivity index (χ2v) is 14.9. The van der Waals surface area contributed by atoms with E-state index < -0.39 is 102 Å². The number of hydrogen-bond donors (Lipinski definition) is 5. The van der Waals surface area contributed by atoms with Crippen LogP contribution in [0, 0.1) is 39.9 Å². The largest absolute Gasteiger partial charge is 0.480 e. The fourth-order valence-electron chi connectivity index (χ4n) is 10.1. The minimum Gasteiger partial charge on any atom is -0.480 e. The lowest BCUT2D eigenvalue weighted by Gasteiger charge is -2.64. The fraction of sp³-hybridized carbons (Fsp3) is 0.818. The van der Waals surface area contributed by atoms with Gasteiger partial charge in [0.1, 0.15) is 12.2 Å². The molecule has 46 heavy (non-hydrogen) atoms. The summed E-state index contributed by atoms with van der Waals surface area (Å²) in [5.74, 6) is -5.40. The molecule has 5 rings (SSSR count).